The number of benzene rings is 2. The highest BCUT2D eigenvalue weighted by Gasteiger charge is 2.18. The molecule has 1 aliphatic heterocycles. The van der Waals surface area contributed by atoms with Gasteiger partial charge in [-0.25, -0.2) is 9.67 Å². The lowest BCUT2D eigenvalue weighted by molar-refractivity contribution is -0.0394. The molecule has 3 heterocycles. The SMILES string of the molecule is COc1ccc(Cl)c(N(CCO)c2ccc3ncc(-c4cnn(C5CCCCO5)c4)nc3c2)c1. The van der Waals surface area contributed by atoms with E-state index in [2.05, 4.69) is 10.1 Å². The van der Waals surface area contributed by atoms with Crippen molar-refractivity contribution in [2.24, 2.45) is 0 Å². The minimum absolute atomic E-state index is 0.0258. The average molecular weight is 480 g/mol. The fourth-order valence-electron chi connectivity index (χ4n) is 4.18. The number of hydrogen-bond donors (Lipinski definition) is 1. The van der Waals surface area contributed by atoms with Crippen molar-refractivity contribution < 1.29 is 14.6 Å². The number of aromatic nitrogens is 4. The summed E-state index contributed by atoms with van der Waals surface area (Å²) in [5.41, 5.74) is 4.72. The summed E-state index contributed by atoms with van der Waals surface area (Å²) in [6.45, 7) is 1.08. The smallest absolute Gasteiger partial charge is 0.150 e. The van der Waals surface area contributed by atoms with Gasteiger partial charge in [0.2, 0.25) is 0 Å². The van der Waals surface area contributed by atoms with Gasteiger partial charge in [0, 0.05) is 36.7 Å². The van der Waals surface area contributed by atoms with Gasteiger partial charge in [0.25, 0.3) is 0 Å². The second kappa shape index (κ2) is 9.97. The Bertz CT molecular complexity index is 1290. The van der Waals surface area contributed by atoms with Crippen LogP contribution in [0, 0.1) is 0 Å². The lowest BCUT2D eigenvalue weighted by Gasteiger charge is -2.25. The van der Waals surface area contributed by atoms with Crippen molar-refractivity contribution in [1.82, 2.24) is 19.7 Å². The zero-order chi connectivity index (χ0) is 23.5. The van der Waals surface area contributed by atoms with Gasteiger partial charge in [-0.15, -0.1) is 0 Å². The number of nitrogens with zero attached hydrogens (tertiary/aromatic N) is 5. The van der Waals surface area contributed by atoms with Crippen LogP contribution >= 0.6 is 11.6 Å². The summed E-state index contributed by atoms with van der Waals surface area (Å²) in [6.07, 6.45) is 8.69. The lowest BCUT2D eigenvalue weighted by Crippen LogP contribution is -2.21. The monoisotopic (exact) mass is 479 g/mol. The van der Waals surface area contributed by atoms with Crippen molar-refractivity contribution in [2.75, 3.05) is 31.8 Å². The molecule has 8 nitrogen and oxygen atoms in total. The van der Waals surface area contributed by atoms with E-state index in [1.165, 1.54) is 0 Å². The first-order valence-electron chi connectivity index (χ1n) is 11.3. The standard InChI is InChI=1S/C25H26ClN5O3/c1-33-19-6-7-20(26)24(13-19)30(9-10-32)18-5-8-21-22(12-18)29-23(15-27-21)17-14-28-31(16-17)25-4-2-3-11-34-25/h5-8,12-16,25,32H,2-4,9-11H2,1H3. The number of halogens is 1. The first kappa shape index (κ1) is 22.6. The van der Waals surface area contributed by atoms with E-state index in [1.54, 1.807) is 31.6 Å². The van der Waals surface area contributed by atoms with Crippen molar-refractivity contribution in [3.8, 4) is 17.0 Å². The van der Waals surface area contributed by atoms with Crippen LogP contribution in [0.25, 0.3) is 22.3 Å². The van der Waals surface area contributed by atoms with Crippen LogP contribution in [-0.2, 0) is 4.74 Å². The van der Waals surface area contributed by atoms with E-state index in [0.29, 0.717) is 17.3 Å². The first-order chi connectivity index (χ1) is 16.7. The molecule has 176 valence electrons. The maximum Gasteiger partial charge on any atom is 0.150 e. The van der Waals surface area contributed by atoms with Crippen LogP contribution in [0.1, 0.15) is 25.5 Å². The minimum atomic E-state index is -0.0419. The zero-order valence-electron chi connectivity index (χ0n) is 18.9. The van der Waals surface area contributed by atoms with E-state index in [0.717, 1.165) is 59.5 Å². The Morgan fingerprint density at radius 3 is 2.88 bits per heavy atom. The molecule has 9 heteroatoms. The van der Waals surface area contributed by atoms with Crippen LogP contribution in [0.5, 0.6) is 5.75 Å². The number of aliphatic hydroxyl groups excluding tert-OH is 1. The van der Waals surface area contributed by atoms with Gasteiger partial charge in [-0.2, -0.15) is 5.10 Å². The fraction of sp³-hybridized carbons (Fsp3) is 0.320. The molecule has 1 N–H and O–H groups in total. The van der Waals surface area contributed by atoms with Gasteiger partial charge < -0.3 is 19.5 Å². The van der Waals surface area contributed by atoms with Gasteiger partial charge in [0.15, 0.2) is 0 Å². The highest BCUT2D eigenvalue weighted by molar-refractivity contribution is 6.33. The molecule has 1 atom stereocenters. The topological polar surface area (TPSA) is 85.5 Å². The van der Waals surface area contributed by atoms with Crippen LogP contribution in [0.15, 0.2) is 55.0 Å². The Morgan fingerprint density at radius 2 is 2.09 bits per heavy atom. The molecule has 0 saturated carbocycles. The van der Waals surface area contributed by atoms with Crippen LogP contribution in [-0.4, -0.2) is 51.7 Å². The number of anilines is 2. The quantitative estimate of drug-likeness (QED) is 0.400. The molecule has 0 amide bonds. The van der Waals surface area contributed by atoms with Crippen molar-refractivity contribution in [1.29, 1.82) is 0 Å². The third-order valence-electron chi connectivity index (χ3n) is 5.95. The molecular weight excluding hydrogens is 454 g/mol. The highest BCUT2D eigenvalue weighted by atomic mass is 35.5. The second-order valence-corrected chi connectivity index (χ2v) is 8.56. The molecular formula is C25H26ClN5O3. The average Bonchev–Trinajstić information content (AvgIpc) is 3.38. The van der Waals surface area contributed by atoms with E-state index in [-0.39, 0.29) is 12.8 Å². The Balaban J connectivity index is 1.49. The summed E-state index contributed by atoms with van der Waals surface area (Å²) in [7, 11) is 1.61. The maximum atomic E-state index is 9.73. The maximum absolute atomic E-state index is 9.73. The summed E-state index contributed by atoms with van der Waals surface area (Å²) >= 11 is 6.50. The summed E-state index contributed by atoms with van der Waals surface area (Å²) in [5, 5.41) is 14.8. The number of fused-ring (bicyclic) bond motifs is 1. The molecule has 1 fully saturated rings. The normalized spacial score (nSPS) is 16.0. The Kier molecular flexibility index (Phi) is 6.62. The fourth-order valence-corrected chi connectivity index (χ4v) is 4.40. The summed E-state index contributed by atoms with van der Waals surface area (Å²) in [5.74, 6) is 0.684. The Labute approximate surface area is 202 Å². The van der Waals surface area contributed by atoms with Gasteiger partial charge in [-0.1, -0.05) is 11.6 Å². The third kappa shape index (κ3) is 4.57. The van der Waals surface area contributed by atoms with E-state index >= 15 is 0 Å². The van der Waals surface area contributed by atoms with E-state index in [4.69, 9.17) is 26.1 Å². The van der Waals surface area contributed by atoms with Crippen molar-refractivity contribution in [2.45, 2.75) is 25.5 Å². The molecule has 5 rings (SSSR count). The number of hydrogen-bond acceptors (Lipinski definition) is 7. The number of methoxy groups -OCH3 is 1. The summed E-state index contributed by atoms with van der Waals surface area (Å²) in [4.78, 5) is 11.4. The second-order valence-electron chi connectivity index (χ2n) is 8.15. The zero-order valence-corrected chi connectivity index (χ0v) is 19.6. The predicted molar refractivity (Wildman–Crippen MR) is 132 cm³/mol. The number of aliphatic hydroxyl groups is 1. The first-order valence-corrected chi connectivity index (χ1v) is 11.7. The van der Waals surface area contributed by atoms with E-state index < -0.39 is 0 Å². The molecule has 1 unspecified atom stereocenters. The number of ether oxygens (including phenoxy) is 2. The largest absolute Gasteiger partial charge is 0.497 e. The number of rotatable bonds is 7. The molecule has 1 aliphatic rings. The van der Waals surface area contributed by atoms with Crippen LogP contribution in [0.2, 0.25) is 5.02 Å². The van der Waals surface area contributed by atoms with Gasteiger partial charge in [-0.3, -0.25) is 4.98 Å². The van der Waals surface area contributed by atoms with E-state index in [1.807, 2.05) is 40.0 Å². The third-order valence-corrected chi connectivity index (χ3v) is 6.27. The molecule has 1 saturated heterocycles. The highest BCUT2D eigenvalue weighted by Crippen LogP contribution is 2.36. The molecule has 2 aromatic carbocycles. The van der Waals surface area contributed by atoms with Crippen LogP contribution in [0.3, 0.4) is 0 Å². The van der Waals surface area contributed by atoms with Crippen molar-refractivity contribution in [3.63, 3.8) is 0 Å². The minimum Gasteiger partial charge on any atom is -0.497 e. The molecule has 0 bridgehead atoms. The van der Waals surface area contributed by atoms with Crippen LogP contribution < -0.4 is 9.64 Å². The molecule has 2 aromatic heterocycles. The van der Waals surface area contributed by atoms with Crippen molar-refractivity contribution in [3.05, 3.63) is 60.0 Å². The molecule has 0 spiro atoms. The molecule has 34 heavy (non-hydrogen) atoms. The Morgan fingerprint density at radius 1 is 1.18 bits per heavy atom. The summed E-state index contributed by atoms with van der Waals surface area (Å²) < 4.78 is 13.1. The van der Waals surface area contributed by atoms with Gasteiger partial charge in [0.1, 0.15) is 12.0 Å². The molecule has 0 aliphatic carbocycles. The predicted octanol–water partition coefficient (Wildman–Crippen LogP) is 4.98. The summed E-state index contributed by atoms with van der Waals surface area (Å²) in [6, 6.07) is 11.3. The van der Waals surface area contributed by atoms with Crippen molar-refractivity contribution >= 4 is 34.0 Å². The van der Waals surface area contributed by atoms with E-state index in [9.17, 15) is 5.11 Å². The Hall–Kier alpha value is -3.20. The lowest BCUT2D eigenvalue weighted by atomic mass is 10.2. The molecule has 4 aromatic rings. The van der Waals surface area contributed by atoms with Crippen LogP contribution in [0.4, 0.5) is 11.4 Å². The van der Waals surface area contributed by atoms with Gasteiger partial charge >= 0.3 is 0 Å². The molecule has 0 radical (unpaired) electrons. The van der Waals surface area contributed by atoms with Gasteiger partial charge in [-0.05, 0) is 49.6 Å². The van der Waals surface area contributed by atoms with Gasteiger partial charge in [0.05, 0.1) is 53.5 Å².